The monoisotopic (exact) mass is 262 g/mol. The molecule has 3 heteroatoms. The molecule has 3 rings (SSSR count). The number of hydrogen-bond acceptors (Lipinski definition) is 3. The Kier molecular flexibility index (Phi) is 3.00. The maximum absolute atomic E-state index is 12.7. The molecule has 0 aromatic heterocycles. The van der Waals surface area contributed by atoms with E-state index < -0.39 is 5.41 Å². The molecule has 0 spiro atoms. The Hall–Kier alpha value is -2.60. The van der Waals surface area contributed by atoms with E-state index in [1.54, 1.807) is 12.1 Å². The number of anilines is 1. The Balaban J connectivity index is 1.99. The molecule has 0 saturated heterocycles. The van der Waals surface area contributed by atoms with E-state index in [2.05, 4.69) is 11.4 Å². The predicted molar refractivity (Wildman–Crippen MR) is 77.5 cm³/mol. The van der Waals surface area contributed by atoms with Gasteiger partial charge in [0.15, 0.2) is 5.78 Å². The lowest BCUT2D eigenvalue weighted by molar-refractivity contribution is 0.0868. The molecule has 1 aliphatic rings. The first-order valence-electron chi connectivity index (χ1n) is 6.58. The van der Waals surface area contributed by atoms with Crippen molar-refractivity contribution in [2.24, 2.45) is 5.41 Å². The van der Waals surface area contributed by atoms with Crippen molar-refractivity contribution in [1.82, 2.24) is 0 Å². The van der Waals surface area contributed by atoms with Crippen molar-refractivity contribution < 1.29 is 4.79 Å². The third-order valence-corrected chi connectivity index (χ3v) is 3.77. The maximum Gasteiger partial charge on any atom is 0.185 e. The zero-order chi connectivity index (χ0) is 14.0. The van der Waals surface area contributed by atoms with Gasteiger partial charge in [-0.25, -0.2) is 0 Å². The molecule has 3 nitrogen and oxygen atoms in total. The summed E-state index contributed by atoms with van der Waals surface area (Å²) >= 11 is 0. The summed E-state index contributed by atoms with van der Waals surface area (Å²) in [7, 11) is 0. The van der Waals surface area contributed by atoms with Gasteiger partial charge in [0, 0.05) is 24.2 Å². The number of fused-ring (bicyclic) bond motifs is 1. The smallest absolute Gasteiger partial charge is 0.185 e. The van der Waals surface area contributed by atoms with Crippen LogP contribution < -0.4 is 5.32 Å². The van der Waals surface area contributed by atoms with Crippen LogP contribution in [-0.4, -0.2) is 12.3 Å². The first-order chi connectivity index (χ1) is 9.75. The number of nitriles is 1. The van der Waals surface area contributed by atoms with Crippen LogP contribution in [0.2, 0.25) is 0 Å². The van der Waals surface area contributed by atoms with Crippen molar-refractivity contribution in [3.63, 3.8) is 0 Å². The average Bonchev–Trinajstić information content (AvgIpc) is 2.54. The molecule has 98 valence electrons. The second kappa shape index (κ2) is 4.82. The summed E-state index contributed by atoms with van der Waals surface area (Å²) in [6.07, 6.45) is 0.459. The molecule has 1 unspecified atom stereocenters. The Morgan fingerprint density at radius 1 is 1.10 bits per heavy atom. The minimum atomic E-state index is -1.02. The number of ketones is 1. The van der Waals surface area contributed by atoms with Gasteiger partial charge in [0.2, 0.25) is 0 Å². The van der Waals surface area contributed by atoms with E-state index in [0.29, 0.717) is 18.5 Å². The molecule has 0 saturated carbocycles. The lowest BCUT2D eigenvalue weighted by Crippen LogP contribution is -2.42. The number of para-hydroxylation sites is 1. The van der Waals surface area contributed by atoms with Crippen molar-refractivity contribution in [2.75, 3.05) is 11.9 Å². The topological polar surface area (TPSA) is 52.9 Å². The summed E-state index contributed by atoms with van der Waals surface area (Å²) in [5, 5.41) is 12.8. The van der Waals surface area contributed by atoms with E-state index in [1.165, 1.54) is 0 Å². The van der Waals surface area contributed by atoms with E-state index >= 15 is 0 Å². The highest BCUT2D eigenvalue weighted by molar-refractivity contribution is 6.03. The maximum atomic E-state index is 12.7. The molecule has 0 bridgehead atoms. The predicted octanol–water partition coefficient (Wildman–Crippen LogP) is 3.05. The zero-order valence-corrected chi connectivity index (χ0v) is 11.0. The second-order valence-corrected chi connectivity index (χ2v) is 5.08. The first-order valence-corrected chi connectivity index (χ1v) is 6.58. The van der Waals surface area contributed by atoms with Crippen molar-refractivity contribution in [1.29, 1.82) is 5.26 Å². The van der Waals surface area contributed by atoms with Crippen LogP contribution >= 0.6 is 0 Å². The normalized spacial score (nSPS) is 20.4. The molecular formula is C17H14N2O. The van der Waals surface area contributed by atoms with Gasteiger partial charge in [0.05, 0.1) is 6.07 Å². The van der Waals surface area contributed by atoms with Crippen LogP contribution in [0.25, 0.3) is 0 Å². The molecule has 2 aromatic carbocycles. The van der Waals surface area contributed by atoms with E-state index in [4.69, 9.17) is 0 Å². The summed E-state index contributed by atoms with van der Waals surface area (Å²) < 4.78 is 0. The number of carbonyl (C=O) groups is 1. The number of hydrogen-bond donors (Lipinski definition) is 1. The Morgan fingerprint density at radius 3 is 2.55 bits per heavy atom. The number of carbonyl (C=O) groups excluding carboxylic acids is 1. The molecule has 0 fully saturated rings. The molecular weight excluding hydrogens is 248 g/mol. The fourth-order valence-corrected chi connectivity index (χ4v) is 2.64. The summed E-state index contributed by atoms with van der Waals surface area (Å²) in [6, 6.07) is 19.1. The molecule has 0 aliphatic carbocycles. The van der Waals surface area contributed by atoms with Crippen LogP contribution in [0.1, 0.15) is 15.9 Å². The summed E-state index contributed by atoms with van der Waals surface area (Å²) in [6.45, 7) is 0.355. The quantitative estimate of drug-likeness (QED) is 0.846. The largest absolute Gasteiger partial charge is 0.383 e. The minimum absolute atomic E-state index is 0.109. The highest BCUT2D eigenvalue weighted by atomic mass is 16.1. The lowest BCUT2D eigenvalue weighted by Gasteiger charge is -2.32. The van der Waals surface area contributed by atoms with E-state index in [-0.39, 0.29) is 5.78 Å². The molecule has 0 radical (unpaired) electrons. The summed E-state index contributed by atoms with van der Waals surface area (Å²) in [5.41, 5.74) is 1.61. The van der Waals surface area contributed by atoms with Gasteiger partial charge in [0.1, 0.15) is 5.41 Å². The highest BCUT2D eigenvalue weighted by Crippen LogP contribution is 2.34. The number of rotatable bonds is 2. The van der Waals surface area contributed by atoms with Gasteiger partial charge in [-0.2, -0.15) is 5.26 Å². The fourth-order valence-electron chi connectivity index (χ4n) is 2.64. The molecule has 0 amide bonds. The molecule has 1 heterocycles. The number of benzene rings is 2. The Bertz CT molecular complexity index is 688. The van der Waals surface area contributed by atoms with Gasteiger partial charge >= 0.3 is 0 Å². The summed E-state index contributed by atoms with van der Waals surface area (Å²) in [5.74, 6) is -0.109. The standard InChI is InChI=1S/C17H14N2O/c18-11-17(16(20)13-6-2-1-3-7-13)10-14-8-4-5-9-15(14)19-12-17/h1-9,19H,10,12H2. The third kappa shape index (κ3) is 1.96. The third-order valence-electron chi connectivity index (χ3n) is 3.77. The van der Waals surface area contributed by atoms with Crippen molar-refractivity contribution in [3.05, 3.63) is 65.7 Å². The van der Waals surface area contributed by atoms with Crippen LogP contribution in [0.5, 0.6) is 0 Å². The fraction of sp³-hybridized carbons (Fsp3) is 0.176. The number of nitrogens with one attached hydrogen (secondary N) is 1. The van der Waals surface area contributed by atoms with Crippen LogP contribution in [0.15, 0.2) is 54.6 Å². The van der Waals surface area contributed by atoms with Crippen LogP contribution in [0.4, 0.5) is 5.69 Å². The molecule has 1 N–H and O–H groups in total. The van der Waals surface area contributed by atoms with Crippen molar-refractivity contribution >= 4 is 11.5 Å². The average molecular weight is 262 g/mol. The SMILES string of the molecule is N#CC1(C(=O)c2ccccc2)CNc2ccccc2C1. The Morgan fingerprint density at radius 2 is 1.80 bits per heavy atom. The van der Waals surface area contributed by atoms with Gasteiger partial charge in [-0.05, 0) is 11.6 Å². The van der Waals surface area contributed by atoms with E-state index in [0.717, 1.165) is 11.3 Å². The van der Waals surface area contributed by atoms with Crippen molar-refractivity contribution in [2.45, 2.75) is 6.42 Å². The van der Waals surface area contributed by atoms with E-state index in [9.17, 15) is 10.1 Å². The highest BCUT2D eigenvalue weighted by Gasteiger charge is 2.42. The molecule has 2 aromatic rings. The van der Waals surface area contributed by atoms with Crippen LogP contribution in [-0.2, 0) is 6.42 Å². The molecule has 20 heavy (non-hydrogen) atoms. The van der Waals surface area contributed by atoms with Crippen LogP contribution in [0.3, 0.4) is 0 Å². The van der Waals surface area contributed by atoms with Gasteiger partial charge < -0.3 is 5.32 Å². The lowest BCUT2D eigenvalue weighted by atomic mass is 9.74. The summed E-state index contributed by atoms with van der Waals surface area (Å²) in [4.78, 5) is 12.7. The van der Waals surface area contributed by atoms with Gasteiger partial charge in [-0.15, -0.1) is 0 Å². The van der Waals surface area contributed by atoms with E-state index in [1.807, 2.05) is 42.5 Å². The van der Waals surface area contributed by atoms with Gasteiger partial charge in [0.25, 0.3) is 0 Å². The Labute approximate surface area is 117 Å². The minimum Gasteiger partial charge on any atom is -0.383 e. The van der Waals surface area contributed by atoms with Gasteiger partial charge in [-0.1, -0.05) is 48.5 Å². The number of nitrogens with zero attached hydrogens (tertiary/aromatic N) is 1. The molecule has 1 aliphatic heterocycles. The van der Waals surface area contributed by atoms with Gasteiger partial charge in [-0.3, -0.25) is 4.79 Å². The first kappa shape index (κ1) is 12.4. The zero-order valence-electron chi connectivity index (χ0n) is 11.0. The second-order valence-electron chi connectivity index (χ2n) is 5.08. The van der Waals surface area contributed by atoms with Crippen LogP contribution in [0, 0.1) is 16.7 Å². The van der Waals surface area contributed by atoms with Crippen molar-refractivity contribution in [3.8, 4) is 6.07 Å². The number of Topliss-reactive ketones (excluding diaryl/α,β-unsaturated/α-hetero) is 1. The molecule has 1 atom stereocenters.